The van der Waals surface area contributed by atoms with Gasteiger partial charge in [-0.25, -0.2) is 0 Å². The fraction of sp³-hybridized carbons (Fsp3) is 0.562. The monoisotopic (exact) mass is 260 g/mol. The van der Waals surface area contributed by atoms with Crippen LogP contribution in [0.15, 0.2) is 18.2 Å². The van der Waals surface area contributed by atoms with Gasteiger partial charge in [-0.1, -0.05) is 6.07 Å². The molecule has 0 radical (unpaired) electrons. The lowest BCUT2D eigenvalue weighted by Crippen LogP contribution is -2.51. The molecule has 1 aromatic rings. The van der Waals surface area contributed by atoms with Gasteiger partial charge < -0.3 is 10.6 Å². The predicted octanol–water partition coefficient (Wildman–Crippen LogP) is 2.65. The fourth-order valence-electron chi connectivity index (χ4n) is 2.80. The first kappa shape index (κ1) is 14.1. The van der Waals surface area contributed by atoms with Crippen molar-refractivity contribution in [3.8, 4) is 0 Å². The van der Waals surface area contributed by atoms with Gasteiger partial charge in [0.1, 0.15) is 0 Å². The van der Waals surface area contributed by atoms with Crippen LogP contribution in [0.3, 0.4) is 0 Å². The van der Waals surface area contributed by atoms with Crippen LogP contribution in [0, 0.1) is 13.8 Å². The number of nitrogens with zero attached hydrogens (tertiary/aromatic N) is 1. The van der Waals surface area contributed by atoms with Crippen molar-refractivity contribution in [3.63, 3.8) is 0 Å². The summed E-state index contributed by atoms with van der Waals surface area (Å²) in [5, 5.41) is 0. The van der Waals surface area contributed by atoms with Gasteiger partial charge in [-0.2, -0.15) is 0 Å². The molecule has 1 aromatic carbocycles. The second kappa shape index (κ2) is 5.74. The van der Waals surface area contributed by atoms with Crippen LogP contribution in [0.25, 0.3) is 0 Å². The number of rotatable bonds is 2. The molecule has 1 aliphatic heterocycles. The summed E-state index contributed by atoms with van der Waals surface area (Å²) in [6.07, 6.45) is 3.27. The van der Waals surface area contributed by atoms with Crippen molar-refractivity contribution in [2.75, 3.05) is 6.54 Å². The molecule has 1 fully saturated rings. The van der Waals surface area contributed by atoms with Gasteiger partial charge in [-0.3, -0.25) is 4.79 Å². The van der Waals surface area contributed by atoms with Crippen molar-refractivity contribution in [1.82, 2.24) is 4.90 Å². The largest absolute Gasteiger partial charge is 0.334 e. The zero-order chi connectivity index (χ0) is 14.0. The molecule has 0 bridgehead atoms. The van der Waals surface area contributed by atoms with Crippen molar-refractivity contribution >= 4 is 5.91 Å². The molecule has 0 spiro atoms. The number of amides is 1. The molecule has 1 heterocycles. The van der Waals surface area contributed by atoms with Gasteiger partial charge in [0.05, 0.1) is 0 Å². The van der Waals surface area contributed by atoms with Gasteiger partial charge in [0.15, 0.2) is 0 Å². The van der Waals surface area contributed by atoms with Crippen molar-refractivity contribution in [1.29, 1.82) is 0 Å². The second-order valence-electron chi connectivity index (χ2n) is 5.72. The van der Waals surface area contributed by atoms with E-state index >= 15 is 0 Å². The number of hydrogen-bond acceptors (Lipinski definition) is 2. The zero-order valence-corrected chi connectivity index (χ0v) is 12.1. The van der Waals surface area contributed by atoms with Crippen LogP contribution in [-0.2, 0) is 0 Å². The summed E-state index contributed by atoms with van der Waals surface area (Å²) < 4.78 is 0. The Hall–Kier alpha value is -1.35. The third-order valence-electron chi connectivity index (χ3n) is 4.17. The number of nitrogens with two attached hydrogens (primary N) is 1. The van der Waals surface area contributed by atoms with E-state index in [2.05, 4.69) is 6.92 Å². The van der Waals surface area contributed by atoms with Crippen LogP contribution in [0.5, 0.6) is 0 Å². The number of hydrogen-bond donors (Lipinski definition) is 1. The average molecular weight is 260 g/mol. The number of carbonyl (C=O) groups is 1. The molecule has 1 amide bonds. The van der Waals surface area contributed by atoms with Gasteiger partial charge in [-0.05, 0) is 63.3 Å². The summed E-state index contributed by atoms with van der Waals surface area (Å²) in [6, 6.07) is 6.16. The van der Waals surface area contributed by atoms with E-state index in [9.17, 15) is 4.79 Å². The predicted molar refractivity (Wildman–Crippen MR) is 78.2 cm³/mol. The lowest BCUT2D eigenvalue weighted by atomic mass is 9.95. The highest BCUT2D eigenvalue weighted by Gasteiger charge is 2.29. The third kappa shape index (κ3) is 2.98. The Morgan fingerprint density at radius 2 is 2.05 bits per heavy atom. The maximum Gasteiger partial charge on any atom is 0.254 e. The van der Waals surface area contributed by atoms with Crippen molar-refractivity contribution in [2.45, 2.75) is 52.1 Å². The summed E-state index contributed by atoms with van der Waals surface area (Å²) >= 11 is 0. The van der Waals surface area contributed by atoms with Gasteiger partial charge in [0.2, 0.25) is 0 Å². The fourth-order valence-corrected chi connectivity index (χ4v) is 2.80. The Morgan fingerprint density at radius 1 is 1.32 bits per heavy atom. The molecule has 104 valence electrons. The van der Waals surface area contributed by atoms with Gasteiger partial charge in [-0.15, -0.1) is 0 Å². The molecule has 1 saturated heterocycles. The van der Waals surface area contributed by atoms with Gasteiger partial charge in [0.25, 0.3) is 5.91 Å². The first-order valence-corrected chi connectivity index (χ1v) is 7.14. The topological polar surface area (TPSA) is 46.3 Å². The van der Waals surface area contributed by atoms with Crippen molar-refractivity contribution in [2.24, 2.45) is 5.73 Å². The van der Waals surface area contributed by atoms with Crippen LogP contribution in [0.4, 0.5) is 0 Å². The molecule has 19 heavy (non-hydrogen) atoms. The highest BCUT2D eigenvalue weighted by Crippen LogP contribution is 2.22. The van der Waals surface area contributed by atoms with Crippen LogP contribution in [-0.4, -0.2) is 29.4 Å². The van der Waals surface area contributed by atoms with E-state index in [-0.39, 0.29) is 18.0 Å². The maximum atomic E-state index is 12.6. The second-order valence-corrected chi connectivity index (χ2v) is 5.72. The molecule has 1 aliphatic rings. The Labute approximate surface area is 115 Å². The Balaban J connectivity index is 2.23. The van der Waals surface area contributed by atoms with E-state index in [1.807, 2.05) is 36.9 Å². The maximum absolute atomic E-state index is 12.6. The SMILES string of the molecule is Cc1ccc(C(=O)N2CCCCC2C(C)N)cc1C. The minimum absolute atomic E-state index is 0.0378. The summed E-state index contributed by atoms with van der Waals surface area (Å²) in [5.74, 6) is 0.130. The lowest BCUT2D eigenvalue weighted by molar-refractivity contribution is 0.0583. The number of piperidine rings is 1. The van der Waals surface area contributed by atoms with E-state index in [4.69, 9.17) is 5.73 Å². The Bertz CT molecular complexity index is 468. The van der Waals surface area contributed by atoms with E-state index in [1.165, 1.54) is 17.5 Å². The highest BCUT2D eigenvalue weighted by molar-refractivity contribution is 5.94. The first-order valence-electron chi connectivity index (χ1n) is 7.14. The normalized spacial score (nSPS) is 21.3. The highest BCUT2D eigenvalue weighted by atomic mass is 16.2. The van der Waals surface area contributed by atoms with E-state index in [0.29, 0.717) is 0 Å². The molecular weight excluding hydrogens is 236 g/mol. The summed E-state index contributed by atoms with van der Waals surface area (Å²) in [6.45, 7) is 6.94. The van der Waals surface area contributed by atoms with Crippen LogP contribution < -0.4 is 5.73 Å². The van der Waals surface area contributed by atoms with Crippen molar-refractivity contribution in [3.05, 3.63) is 34.9 Å². The van der Waals surface area contributed by atoms with Crippen LogP contribution in [0.1, 0.15) is 47.7 Å². The van der Waals surface area contributed by atoms with Crippen molar-refractivity contribution < 1.29 is 4.79 Å². The third-order valence-corrected chi connectivity index (χ3v) is 4.17. The Morgan fingerprint density at radius 3 is 2.68 bits per heavy atom. The molecule has 0 aliphatic carbocycles. The standard InChI is InChI=1S/C16H24N2O/c1-11-7-8-14(10-12(11)2)16(19)18-9-5-4-6-15(18)13(3)17/h7-8,10,13,15H,4-6,9,17H2,1-3H3. The molecule has 2 atom stereocenters. The molecule has 0 aromatic heterocycles. The zero-order valence-electron chi connectivity index (χ0n) is 12.1. The van der Waals surface area contributed by atoms with E-state index < -0.39 is 0 Å². The minimum atomic E-state index is 0.0378. The average Bonchev–Trinajstić information content (AvgIpc) is 2.41. The molecule has 3 nitrogen and oxygen atoms in total. The number of benzene rings is 1. The lowest BCUT2D eigenvalue weighted by Gasteiger charge is -2.38. The molecule has 0 saturated carbocycles. The molecular formula is C16H24N2O. The quantitative estimate of drug-likeness (QED) is 0.888. The van der Waals surface area contributed by atoms with E-state index in [1.54, 1.807) is 0 Å². The summed E-state index contributed by atoms with van der Waals surface area (Å²) in [5.41, 5.74) is 9.21. The van der Waals surface area contributed by atoms with Gasteiger partial charge in [0, 0.05) is 24.2 Å². The van der Waals surface area contributed by atoms with Crippen LogP contribution in [0.2, 0.25) is 0 Å². The summed E-state index contributed by atoms with van der Waals surface area (Å²) in [7, 11) is 0. The molecule has 2 unspecified atom stereocenters. The summed E-state index contributed by atoms with van der Waals surface area (Å²) in [4.78, 5) is 14.6. The number of likely N-dealkylation sites (tertiary alicyclic amines) is 1. The molecule has 2 rings (SSSR count). The Kier molecular flexibility index (Phi) is 4.25. The number of aryl methyl sites for hydroxylation is 2. The minimum Gasteiger partial charge on any atom is -0.334 e. The first-order chi connectivity index (χ1) is 9.00. The smallest absolute Gasteiger partial charge is 0.254 e. The van der Waals surface area contributed by atoms with E-state index in [0.717, 1.165) is 24.9 Å². The van der Waals surface area contributed by atoms with Gasteiger partial charge >= 0.3 is 0 Å². The number of carbonyl (C=O) groups excluding carboxylic acids is 1. The van der Waals surface area contributed by atoms with Crippen LogP contribution >= 0.6 is 0 Å². The molecule has 3 heteroatoms. The molecule has 2 N–H and O–H groups in total.